The highest BCUT2D eigenvalue weighted by atomic mass is 19.1. The van der Waals surface area contributed by atoms with Gasteiger partial charge in [-0.1, -0.05) is 63.2 Å². The molecular weight excluding hydrogens is 356 g/mol. The minimum atomic E-state index is -0.994. The third-order valence-corrected chi connectivity index (χ3v) is 5.90. The summed E-state index contributed by atoms with van der Waals surface area (Å²) >= 11 is 0. The number of carbonyl (C=O) groups excluding carboxylic acids is 1. The van der Waals surface area contributed by atoms with Crippen molar-refractivity contribution >= 4 is 5.91 Å². The summed E-state index contributed by atoms with van der Waals surface area (Å²) in [7, 11) is 0. The van der Waals surface area contributed by atoms with Gasteiger partial charge in [0, 0.05) is 5.92 Å². The minimum Gasteiger partial charge on any atom is -0.345 e. The van der Waals surface area contributed by atoms with Gasteiger partial charge in [-0.05, 0) is 53.9 Å². The molecule has 0 radical (unpaired) electrons. The van der Waals surface area contributed by atoms with E-state index in [1.54, 1.807) is 13.8 Å². The Morgan fingerprint density at radius 2 is 1.82 bits per heavy atom. The van der Waals surface area contributed by atoms with E-state index in [1.807, 2.05) is 42.5 Å². The molecule has 3 atom stereocenters. The molecule has 1 N–H and O–H groups in total. The van der Waals surface area contributed by atoms with Crippen LogP contribution in [0.3, 0.4) is 0 Å². The summed E-state index contributed by atoms with van der Waals surface area (Å²) in [5, 5.41) is 3.01. The Bertz CT molecular complexity index is 817. The Balaban J connectivity index is 1.86. The first-order valence-corrected chi connectivity index (χ1v) is 10.1. The van der Waals surface area contributed by atoms with Crippen molar-refractivity contribution in [2.24, 2.45) is 5.92 Å². The number of rotatable bonds is 8. The van der Waals surface area contributed by atoms with E-state index in [-0.39, 0.29) is 23.6 Å². The van der Waals surface area contributed by atoms with Gasteiger partial charge in [0.15, 0.2) is 0 Å². The first-order chi connectivity index (χ1) is 13.3. The molecule has 2 aromatic rings. The third kappa shape index (κ3) is 4.60. The normalized spacial score (nSPS) is 18.2. The number of amides is 1. The van der Waals surface area contributed by atoms with Gasteiger partial charge in [-0.25, -0.2) is 8.78 Å². The van der Waals surface area contributed by atoms with E-state index in [0.29, 0.717) is 12.0 Å². The molecule has 2 nitrogen and oxygen atoms in total. The number of nitrogens with one attached hydrogen (secondary N) is 1. The maximum absolute atomic E-state index is 14.8. The molecule has 2 aromatic carbocycles. The van der Waals surface area contributed by atoms with Crippen molar-refractivity contribution in [1.29, 1.82) is 0 Å². The number of halogens is 2. The molecule has 28 heavy (non-hydrogen) atoms. The smallest absolute Gasteiger partial charge is 0.223 e. The zero-order valence-corrected chi connectivity index (χ0v) is 16.8. The molecule has 0 aliphatic heterocycles. The van der Waals surface area contributed by atoms with E-state index in [0.717, 1.165) is 24.0 Å². The quantitative estimate of drug-likeness (QED) is 0.606. The first-order valence-electron chi connectivity index (χ1n) is 10.1. The summed E-state index contributed by atoms with van der Waals surface area (Å²) < 4.78 is 28.5. The molecule has 150 valence electrons. The zero-order valence-electron chi connectivity index (χ0n) is 16.8. The van der Waals surface area contributed by atoms with Crippen LogP contribution >= 0.6 is 0 Å². The van der Waals surface area contributed by atoms with Crippen LogP contribution < -0.4 is 5.32 Å². The van der Waals surface area contributed by atoms with Crippen LogP contribution in [0, 0.1) is 11.7 Å². The second-order valence-corrected chi connectivity index (χ2v) is 8.29. The van der Waals surface area contributed by atoms with Crippen LogP contribution in [0.5, 0.6) is 0 Å². The lowest BCUT2D eigenvalue weighted by Gasteiger charge is -2.23. The minimum absolute atomic E-state index is 0.0566. The second-order valence-electron chi connectivity index (χ2n) is 8.29. The molecule has 0 spiro atoms. The van der Waals surface area contributed by atoms with E-state index in [2.05, 4.69) is 12.2 Å². The second kappa shape index (κ2) is 8.42. The Morgan fingerprint density at radius 1 is 1.14 bits per heavy atom. The van der Waals surface area contributed by atoms with Crippen molar-refractivity contribution in [1.82, 2.24) is 5.32 Å². The lowest BCUT2D eigenvalue weighted by molar-refractivity contribution is -0.125. The lowest BCUT2D eigenvalue weighted by Crippen LogP contribution is -2.34. The van der Waals surface area contributed by atoms with Crippen LogP contribution in [0.4, 0.5) is 8.78 Å². The van der Waals surface area contributed by atoms with Gasteiger partial charge < -0.3 is 5.32 Å². The molecule has 0 heterocycles. The van der Waals surface area contributed by atoms with E-state index in [4.69, 9.17) is 0 Å². The fraction of sp³-hybridized carbons (Fsp3) is 0.458. The highest BCUT2D eigenvalue weighted by Crippen LogP contribution is 2.48. The number of benzene rings is 2. The molecule has 1 aliphatic rings. The van der Waals surface area contributed by atoms with Gasteiger partial charge in [0.2, 0.25) is 5.91 Å². The van der Waals surface area contributed by atoms with Gasteiger partial charge in [0.25, 0.3) is 0 Å². The molecule has 0 unspecified atom stereocenters. The van der Waals surface area contributed by atoms with Gasteiger partial charge in [-0.2, -0.15) is 0 Å². The zero-order chi connectivity index (χ0) is 20.3. The van der Waals surface area contributed by atoms with Crippen molar-refractivity contribution in [3.05, 3.63) is 71.0 Å². The fourth-order valence-electron chi connectivity index (χ4n) is 3.60. The highest BCUT2D eigenvalue weighted by Gasteiger charge is 2.41. The van der Waals surface area contributed by atoms with Gasteiger partial charge in [0.05, 0.1) is 6.04 Å². The molecule has 0 saturated heterocycles. The number of carbonyl (C=O) groups is 1. The summed E-state index contributed by atoms with van der Waals surface area (Å²) in [6.45, 7) is 5.58. The largest absolute Gasteiger partial charge is 0.345 e. The molecule has 1 saturated carbocycles. The monoisotopic (exact) mass is 385 g/mol. The SMILES string of the molecule is CC[C@H](F)C[C@H](C)C(=O)N[C@@H](c1ccccc1)c1ccc(C2(C)CC2)c(F)c1. The van der Waals surface area contributed by atoms with E-state index in [9.17, 15) is 13.6 Å². The third-order valence-electron chi connectivity index (χ3n) is 5.90. The van der Waals surface area contributed by atoms with Crippen LogP contribution in [0.15, 0.2) is 48.5 Å². The molecule has 4 heteroatoms. The topological polar surface area (TPSA) is 29.1 Å². The van der Waals surface area contributed by atoms with E-state index >= 15 is 0 Å². The van der Waals surface area contributed by atoms with Crippen LogP contribution in [-0.4, -0.2) is 12.1 Å². The highest BCUT2D eigenvalue weighted by molar-refractivity contribution is 5.79. The molecule has 1 aliphatic carbocycles. The Kier molecular flexibility index (Phi) is 6.17. The summed E-state index contributed by atoms with van der Waals surface area (Å²) in [6, 6.07) is 14.3. The van der Waals surface area contributed by atoms with Crippen molar-refractivity contribution < 1.29 is 13.6 Å². The number of hydrogen-bond acceptors (Lipinski definition) is 1. The first kappa shape index (κ1) is 20.5. The average molecular weight is 385 g/mol. The van der Waals surface area contributed by atoms with Gasteiger partial charge in [-0.15, -0.1) is 0 Å². The van der Waals surface area contributed by atoms with Crippen LogP contribution in [0.1, 0.15) is 69.2 Å². The predicted molar refractivity (Wildman–Crippen MR) is 108 cm³/mol. The van der Waals surface area contributed by atoms with Crippen molar-refractivity contribution in [3.8, 4) is 0 Å². The average Bonchev–Trinajstić information content (AvgIpc) is 3.44. The molecule has 0 bridgehead atoms. The van der Waals surface area contributed by atoms with Gasteiger partial charge >= 0.3 is 0 Å². The summed E-state index contributed by atoms with van der Waals surface area (Å²) in [6.07, 6.45) is 1.59. The fourth-order valence-corrected chi connectivity index (χ4v) is 3.60. The Morgan fingerprint density at radius 3 is 2.39 bits per heavy atom. The van der Waals surface area contributed by atoms with Crippen molar-refractivity contribution in [2.75, 3.05) is 0 Å². The van der Waals surface area contributed by atoms with Gasteiger partial charge in [-0.3, -0.25) is 4.79 Å². The Labute approximate surface area is 166 Å². The van der Waals surface area contributed by atoms with Crippen molar-refractivity contribution in [2.45, 2.75) is 64.1 Å². The maximum Gasteiger partial charge on any atom is 0.223 e. The van der Waals surface area contributed by atoms with Crippen LogP contribution in [0.25, 0.3) is 0 Å². The predicted octanol–water partition coefficient (Wildman–Crippen LogP) is 5.86. The summed E-state index contributed by atoms with van der Waals surface area (Å²) in [5.41, 5.74) is 2.26. The summed E-state index contributed by atoms with van der Waals surface area (Å²) in [4.78, 5) is 12.7. The van der Waals surface area contributed by atoms with Crippen LogP contribution in [0.2, 0.25) is 0 Å². The Hall–Kier alpha value is -2.23. The molecule has 3 rings (SSSR count). The van der Waals surface area contributed by atoms with Crippen molar-refractivity contribution in [3.63, 3.8) is 0 Å². The molecular formula is C24H29F2NO. The standard InChI is InChI=1S/C24H29F2NO/c1-4-19(25)14-16(2)23(28)27-22(17-8-6-5-7-9-17)18-10-11-20(21(26)15-18)24(3)12-13-24/h5-11,15-16,19,22H,4,12-14H2,1-3H3,(H,27,28)/t16-,19-,22-/m0/s1. The van der Waals surface area contributed by atoms with E-state index < -0.39 is 18.1 Å². The van der Waals surface area contributed by atoms with Gasteiger partial charge in [0.1, 0.15) is 12.0 Å². The number of hydrogen-bond donors (Lipinski definition) is 1. The van der Waals surface area contributed by atoms with Crippen LogP contribution in [-0.2, 0) is 10.2 Å². The van der Waals surface area contributed by atoms with E-state index in [1.165, 1.54) is 6.07 Å². The lowest BCUT2D eigenvalue weighted by atomic mass is 9.92. The maximum atomic E-state index is 14.8. The molecule has 0 aromatic heterocycles. The summed E-state index contributed by atoms with van der Waals surface area (Å²) in [5.74, 6) is -0.894. The molecule has 1 fully saturated rings. The molecule has 1 amide bonds. The number of alkyl halides is 1.